The minimum Gasteiger partial charge on any atom is -0.332 e. The first-order valence-corrected chi connectivity index (χ1v) is 5.71. The van der Waals surface area contributed by atoms with Crippen molar-refractivity contribution in [2.45, 2.75) is 32.7 Å². The molecule has 0 saturated carbocycles. The van der Waals surface area contributed by atoms with Crippen LogP contribution in [0.2, 0.25) is 0 Å². The van der Waals surface area contributed by atoms with Crippen LogP contribution in [0.15, 0.2) is 23.8 Å². The average molecular weight is 222 g/mol. The SMILES string of the molecule is C=C(C)[C@@H]1CC=C(C)[C@H](NC(=O)N(C)C)C1. The fourth-order valence-electron chi connectivity index (χ4n) is 1.89. The molecule has 3 nitrogen and oxygen atoms in total. The molecule has 0 unspecified atom stereocenters. The number of nitrogens with one attached hydrogen (secondary N) is 1. The lowest BCUT2D eigenvalue weighted by atomic mass is 9.83. The van der Waals surface area contributed by atoms with E-state index in [2.05, 4.69) is 31.8 Å². The van der Waals surface area contributed by atoms with Gasteiger partial charge in [-0.1, -0.05) is 23.8 Å². The molecule has 2 amide bonds. The first-order valence-electron chi connectivity index (χ1n) is 5.71. The number of rotatable bonds is 2. The van der Waals surface area contributed by atoms with Crippen molar-refractivity contribution in [1.29, 1.82) is 0 Å². The Kier molecular flexibility index (Phi) is 4.16. The number of carbonyl (C=O) groups is 1. The van der Waals surface area contributed by atoms with Gasteiger partial charge in [-0.15, -0.1) is 0 Å². The normalized spacial score (nSPS) is 24.6. The second-order valence-corrected chi connectivity index (χ2v) is 4.86. The molecule has 0 fully saturated rings. The van der Waals surface area contributed by atoms with Gasteiger partial charge in [-0.05, 0) is 32.6 Å². The predicted octanol–water partition coefficient (Wildman–Crippen LogP) is 2.56. The summed E-state index contributed by atoms with van der Waals surface area (Å²) in [6, 6.07) is 0.130. The number of hydrogen-bond acceptors (Lipinski definition) is 1. The zero-order chi connectivity index (χ0) is 12.3. The Labute approximate surface area is 98.2 Å². The first kappa shape index (κ1) is 12.8. The standard InChI is InChI=1S/C13H22N2O/c1-9(2)11-7-6-10(3)12(8-11)14-13(16)15(4)5/h6,11-12H,1,7-8H2,2-5H3,(H,14,16)/t11-,12-/m1/s1. The quantitative estimate of drug-likeness (QED) is 0.715. The molecule has 0 aromatic rings. The minimum atomic E-state index is -0.0277. The Bertz CT molecular complexity index is 318. The molecule has 1 rings (SSSR count). The van der Waals surface area contributed by atoms with Crippen molar-refractivity contribution in [3.63, 3.8) is 0 Å². The molecule has 0 radical (unpaired) electrons. The third-order valence-electron chi connectivity index (χ3n) is 3.20. The van der Waals surface area contributed by atoms with Crippen LogP contribution in [0.25, 0.3) is 0 Å². The van der Waals surface area contributed by atoms with Crippen LogP contribution in [0, 0.1) is 5.92 Å². The molecule has 1 aliphatic rings. The van der Waals surface area contributed by atoms with Gasteiger partial charge in [0.1, 0.15) is 0 Å². The van der Waals surface area contributed by atoms with E-state index in [-0.39, 0.29) is 12.1 Å². The summed E-state index contributed by atoms with van der Waals surface area (Å²) in [5, 5.41) is 3.03. The molecule has 0 aromatic heterocycles. The summed E-state index contributed by atoms with van der Waals surface area (Å²) in [7, 11) is 3.51. The molecule has 0 aliphatic heterocycles. The van der Waals surface area contributed by atoms with Crippen molar-refractivity contribution in [1.82, 2.24) is 10.2 Å². The molecule has 16 heavy (non-hydrogen) atoms. The third kappa shape index (κ3) is 3.12. The third-order valence-corrected chi connectivity index (χ3v) is 3.20. The largest absolute Gasteiger partial charge is 0.332 e. The van der Waals surface area contributed by atoms with E-state index >= 15 is 0 Å². The van der Waals surface area contributed by atoms with Crippen LogP contribution in [0.5, 0.6) is 0 Å². The second kappa shape index (κ2) is 5.19. The molecular formula is C13H22N2O. The Hall–Kier alpha value is -1.25. The fourth-order valence-corrected chi connectivity index (χ4v) is 1.89. The van der Waals surface area contributed by atoms with Crippen LogP contribution >= 0.6 is 0 Å². The van der Waals surface area contributed by atoms with Crippen molar-refractivity contribution in [3.05, 3.63) is 23.8 Å². The molecule has 2 atom stereocenters. The van der Waals surface area contributed by atoms with E-state index < -0.39 is 0 Å². The van der Waals surface area contributed by atoms with E-state index in [4.69, 9.17) is 0 Å². The molecule has 0 heterocycles. The van der Waals surface area contributed by atoms with Gasteiger partial charge >= 0.3 is 6.03 Å². The highest BCUT2D eigenvalue weighted by atomic mass is 16.2. The summed E-state index contributed by atoms with van der Waals surface area (Å²) < 4.78 is 0. The molecule has 1 aliphatic carbocycles. The first-order chi connectivity index (χ1) is 7.41. The molecule has 0 bridgehead atoms. The van der Waals surface area contributed by atoms with Gasteiger partial charge in [-0.2, -0.15) is 0 Å². The molecular weight excluding hydrogens is 200 g/mol. The maximum Gasteiger partial charge on any atom is 0.317 e. The summed E-state index contributed by atoms with van der Waals surface area (Å²) in [5.41, 5.74) is 2.46. The topological polar surface area (TPSA) is 32.3 Å². The monoisotopic (exact) mass is 222 g/mol. The van der Waals surface area contributed by atoms with E-state index in [1.54, 1.807) is 19.0 Å². The van der Waals surface area contributed by atoms with E-state index in [1.165, 1.54) is 11.1 Å². The van der Waals surface area contributed by atoms with Gasteiger partial charge in [-0.25, -0.2) is 4.79 Å². The molecule has 0 spiro atoms. The number of allylic oxidation sites excluding steroid dienone is 2. The lowest BCUT2D eigenvalue weighted by Crippen LogP contribution is -2.43. The smallest absolute Gasteiger partial charge is 0.317 e. The van der Waals surface area contributed by atoms with Gasteiger partial charge in [0.25, 0.3) is 0 Å². The van der Waals surface area contributed by atoms with Crippen LogP contribution in [-0.4, -0.2) is 31.1 Å². The van der Waals surface area contributed by atoms with Crippen molar-refractivity contribution in [2.24, 2.45) is 5.92 Å². The zero-order valence-corrected chi connectivity index (χ0v) is 10.7. The van der Waals surface area contributed by atoms with E-state index in [0.717, 1.165) is 12.8 Å². The van der Waals surface area contributed by atoms with Gasteiger partial charge in [0.2, 0.25) is 0 Å². The van der Waals surface area contributed by atoms with Crippen molar-refractivity contribution >= 4 is 6.03 Å². The van der Waals surface area contributed by atoms with E-state index in [1.807, 2.05) is 0 Å². The van der Waals surface area contributed by atoms with Gasteiger partial charge in [-0.3, -0.25) is 0 Å². The van der Waals surface area contributed by atoms with E-state index in [9.17, 15) is 4.79 Å². The van der Waals surface area contributed by atoms with Crippen LogP contribution < -0.4 is 5.32 Å². The molecule has 0 aromatic carbocycles. The zero-order valence-electron chi connectivity index (χ0n) is 10.7. The van der Waals surface area contributed by atoms with Gasteiger partial charge in [0.15, 0.2) is 0 Å². The number of amides is 2. The molecule has 1 N–H and O–H groups in total. The summed E-state index contributed by atoms with van der Waals surface area (Å²) >= 11 is 0. The van der Waals surface area contributed by atoms with Gasteiger partial charge < -0.3 is 10.2 Å². The summed E-state index contributed by atoms with van der Waals surface area (Å²) in [6.45, 7) is 8.14. The lowest BCUT2D eigenvalue weighted by Gasteiger charge is -2.30. The summed E-state index contributed by atoms with van der Waals surface area (Å²) in [5.74, 6) is 0.496. The van der Waals surface area contributed by atoms with Crippen LogP contribution in [0.4, 0.5) is 4.79 Å². The summed E-state index contributed by atoms with van der Waals surface area (Å²) in [6.07, 6.45) is 4.23. The van der Waals surface area contributed by atoms with Crippen LogP contribution in [-0.2, 0) is 0 Å². The lowest BCUT2D eigenvalue weighted by molar-refractivity contribution is 0.212. The second-order valence-electron chi connectivity index (χ2n) is 4.86. The Morgan fingerprint density at radius 3 is 2.69 bits per heavy atom. The van der Waals surface area contributed by atoms with Gasteiger partial charge in [0, 0.05) is 14.1 Å². The van der Waals surface area contributed by atoms with Gasteiger partial charge in [0.05, 0.1) is 6.04 Å². The Balaban J connectivity index is 2.65. The minimum absolute atomic E-state index is 0.0277. The fraction of sp³-hybridized carbons (Fsp3) is 0.615. The molecule has 3 heteroatoms. The van der Waals surface area contributed by atoms with Crippen molar-refractivity contribution in [2.75, 3.05) is 14.1 Å². The summed E-state index contributed by atoms with van der Waals surface area (Å²) in [4.78, 5) is 13.2. The highest BCUT2D eigenvalue weighted by molar-refractivity contribution is 5.74. The van der Waals surface area contributed by atoms with E-state index in [0.29, 0.717) is 5.92 Å². The Morgan fingerprint density at radius 2 is 2.19 bits per heavy atom. The number of hydrogen-bond donors (Lipinski definition) is 1. The average Bonchev–Trinajstić information content (AvgIpc) is 2.20. The van der Waals surface area contributed by atoms with Crippen molar-refractivity contribution in [3.8, 4) is 0 Å². The maximum atomic E-state index is 11.6. The van der Waals surface area contributed by atoms with Crippen LogP contribution in [0.3, 0.4) is 0 Å². The number of carbonyl (C=O) groups excluding carboxylic acids is 1. The maximum absolute atomic E-state index is 11.6. The molecule has 0 saturated heterocycles. The highest BCUT2D eigenvalue weighted by Crippen LogP contribution is 2.28. The van der Waals surface area contributed by atoms with Crippen molar-refractivity contribution < 1.29 is 4.79 Å². The Morgan fingerprint density at radius 1 is 1.56 bits per heavy atom. The predicted molar refractivity (Wildman–Crippen MR) is 67.3 cm³/mol. The number of urea groups is 1. The highest BCUT2D eigenvalue weighted by Gasteiger charge is 2.24. The van der Waals surface area contributed by atoms with Crippen LogP contribution in [0.1, 0.15) is 26.7 Å². The molecule has 90 valence electrons. The number of nitrogens with zero attached hydrogens (tertiary/aromatic N) is 1.